The number of carbonyl (C=O) groups excluding carboxylic acids is 2. The van der Waals surface area contributed by atoms with Gasteiger partial charge in [0.25, 0.3) is 0 Å². The van der Waals surface area contributed by atoms with Gasteiger partial charge in [0, 0.05) is 13.0 Å². The van der Waals surface area contributed by atoms with Gasteiger partial charge in [-0.25, -0.2) is 0 Å². The number of nitrogens with one attached hydrogen (secondary N) is 1. The summed E-state index contributed by atoms with van der Waals surface area (Å²) in [5, 5.41) is 2.70. The van der Waals surface area contributed by atoms with Crippen LogP contribution in [0, 0.1) is 5.92 Å². The largest absolute Gasteiger partial charge is 0.427 e. The van der Waals surface area contributed by atoms with Gasteiger partial charge in [0.05, 0.1) is 0 Å². The Morgan fingerprint density at radius 2 is 1.91 bits per heavy atom. The van der Waals surface area contributed by atoms with Gasteiger partial charge in [0.2, 0.25) is 5.91 Å². The van der Waals surface area contributed by atoms with Gasteiger partial charge in [-0.15, -0.1) is 0 Å². The molecular formula is C18H23NO3. The Morgan fingerprint density at radius 3 is 2.55 bits per heavy atom. The van der Waals surface area contributed by atoms with Crippen molar-refractivity contribution in [3.05, 3.63) is 42.5 Å². The summed E-state index contributed by atoms with van der Waals surface area (Å²) in [5.41, 5.74) is 0.945. The average molecular weight is 301 g/mol. The van der Waals surface area contributed by atoms with Gasteiger partial charge in [0.1, 0.15) is 5.75 Å². The SMILES string of the molecule is C=CC(=O)NCc1ccc(OC(=O)CCC2CCCC2)cc1. The van der Waals surface area contributed by atoms with Gasteiger partial charge >= 0.3 is 5.97 Å². The number of hydrogen-bond acceptors (Lipinski definition) is 3. The van der Waals surface area contributed by atoms with E-state index in [1.807, 2.05) is 12.1 Å². The molecule has 0 aliphatic heterocycles. The van der Waals surface area contributed by atoms with Crippen molar-refractivity contribution in [3.8, 4) is 5.75 Å². The van der Waals surface area contributed by atoms with Gasteiger partial charge < -0.3 is 10.1 Å². The van der Waals surface area contributed by atoms with Gasteiger partial charge in [0.15, 0.2) is 0 Å². The van der Waals surface area contributed by atoms with E-state index in [0.29, 0.717) is 24.6 Å². The number of ether oxygens (including phenoxy) is 1. The molecule has 0 atom stereocenters. The lowest BCUT2D eigenvalue weighted by Crippen LogP contribution is -2.19. The van der Waals surface area contributed by atoms with E-state index < -0.39 is 0 Å². The van der Waals surface area contributed by atoms with Crippen LogP contribution in [-0.4, -0.2) is 11.9 Å². The van der Waals surface area contributed by atoms with Crippen LogP contribution in [0.5, 0.6) is 5.75 Å². The molecule has 0 saturated heterocycles. The van der Waals surface area contributed by atoms with Crippen molar-refractivity contribution in [2.75, 3.05) is 0 Å². The zero-order valence-electron chi connectivity index (χ0n) is 12.8. The van der Waals surface area contributed by atoms with E-state index in [4.69, 9.17) is 4.74 Å². The van der Waals surface area contributed by atoms with Gasteiger partial charge in [-0.2, -0.15) is 0 Å². The van der Waals surface area contributed by atoms with Gasteiger partial charge in [-0.1, -0.05) is 44.4 Å². The van der Waals surface area contributed by atoms with E-state index in [0.717, 1.165) is 12.0 Å². The van der Waals surface area contributed by atoms with Crippen molar-refractivity contribution in [1.29, 1.82) is 0 Å². The maximum Gasteiger partial charge on any atom is 0.311 e. The number of benzene rings is 1. The van der Waals surface area contributed by atoms with Gasteiger partial charge in [-0.3, -0.25) is 9.59 Å². The van der Waals surface area contributed by atoms with Crippen LogP contribution in [0.2, 0.25) is 0 Å². The molecule has 1 amide bonds. The first-order chi connectivity index (χ1) is 10.7. The van der Waals surface area contributed by atoms with Crippen LogP contribution in [0.1, 0.15) is 44.1 Å². The average Bonchev–Trinajstić information content (AvgIpc) is 3.05. The summed E-state index contributed by atoms with van der Waals surface area (Å²) in [6, 6.07) is 7.18. The molecule has 1 saturated carbocycles. The molecule has 0 radical (unpaired) electrons. The second-order valence-electron chi connectivity index (χ2n) is 5.73. The zero-order valence-corrected chi connectivity index (χ0v) is 12.8. The topological polar surface area (TPSA) is 55.4 Å². The molecule has 1 aliphatic carbocycles. The van der Waals surface area contributed by atoms with E-state index in [9.17, 15) is 9.59 Å². The Labute approximate surface area is 131 Å². The molecule has 0 bridgehead atoms. The van der Waals surface area contributed by atoms with Crippen molar-refractivity contribution in [3.63, 3.8) is 0 Å². The minimum Gasteiger partial charge on any atom is -0.427 e. The van der Waals surface area contributed by atoms with Crippen LogP contribution in [0.15, 0.2) is 36.9 Å². The molecule has 1 aliphatic rings. The summed E-state index contributed by atoms with van der Waals surface area (Å²) in [6.45, 7) is 3.83. The lowest BCUT2D eigenvalue weighted by atomic mass is 10.0. The Morgan fingerprint density at radius 1 is 1.23 bits per heavy atom. The normalized spacial score (nSPS) is 14.5. The molecule has 0 heterocycles. The Hall–Kier alpha value is -2.10. The third-order valence-electron chi connectivity index (χ3n) is 4.04. The van der Waals surface area contributed by atoms with Crippen molar-refractivity contribution in [2.45, 2.75) is 45.1 Å². The van der Waals surface area contributed by atoms with Crippen LogP contribution in [0.3, 0.4) is 0 Å². The van der Waals surface area contributed by atoms with E-state index >= 15 is 0 Å². The summed E-state index contributed by atoms with van der Waals surface area (Å²) in [4.78, 5) is 22.9. The summed E-state index contributed by atoms with van der Waals surface area (Å²) >= 11 is 0. The molecule has 4 nitrogen and oxygen atoms in total. The first-order valence-corrected chi connectivity index (χ1v) is 7.87. The number of esters is 1. The molecule has 4 heteroatoms. The summed E-state index contributed by atoms with van der Waals surface area (Å²) in [6.07, 6.45) is 7.75. The van der Waals surface area contributed by atoms with E-state index in [1.165, 1.54) is 31.8 Å². The zero-order chi connectivity index (χ0) is 15.8. The lowest BCUT2D eigenvalue weighted by Gasteiger charge is -2.09. The van der Waals surface area contributed by atoms with Gasteiger partial charge in [-0.05, 0) is 36.1 Å². The standard InChI is InChI=1S/C18H23NO3/c1-2-17(20)19-13-15-7-10-16(11-8-15)22-18(21)12-9-14-5-3-4-6-14/h2,7-8,10-11,14H,1,3-6,9,12-13H2,(H,19,20). The molecule has 2 rings (SSSR count). The van der Waals surface area contributed by atoms with Crippen molar-refractivity contribution < 1.29 is 14.3 Å². The molecule has 0 unspecified atom stereocenters. The third kappa shape index (κ3) is 5.35. The second kappa shape index (κ2) is 8.37. The fourth-order valence-corrected chi connectivity index (χ4v) is 2.74. The summed E-state index contributed by atoms with van der Waals surface area (Å²) in [7, 11) is 0. The minimum absolute atomic E-state index is 0.167. The molecule has 1 aromatic rings. The summed E-state index contributed by atoms with van der Waals surface area (Å²) in [5.74, 6) is 0.876. The number of carbonyl (C=O) groups is 2. The quantitative estimate of drug-likeness (QED) is 0.477. The lowest BCUT2D eigenvalue weighted by molar-refractivity contribution is -0.134. The second-order valence-corrected chi connectivity index (χ2v) is 5.73. The molecule has 22 heavy (non-hydrogen) atoms. The van der Waals surface area contributed by atoms with Crippen LogP contribution in [-0.2, 0) is 16.1 Å². The molecule has 1 N–H and O–H groups in total. The first-order valence-electron chi connectivity index (χ1n) is 7.87. The van der Waals surface area contributed by atoms with Crippen molar-refractivity contribution >= 4 is 11.9 Å². The van der Waals surface area contributed by atoms with E-state index in [2.05, 4.69) is 11.9 Å². The predicted octanol–water partition coefficient (Wildman–Crippen LogP) is 3.36. The van der Waals surface area contributed by atoms with Crippen LogP contribution in [0.4, 0.5) is 0 Å². The Bertz CT molecular complexity index is 516. The summed E-state index contributed by atoms with van der Waals surface area (Å²) < 4.78 is 5.33. The Kier molecular flexibility index (Phi) is 6.19. The molecule has 1 aromatic carbocycles. The fourth-order valence-electron chi connectivity index (χ4n) is 2.74. The molecule has 118 valence electrons. The molecular weight excluding hydrogens is 278 g/mol. The minimum atomic E-state index is -0.206. The van der Waals surface area contributed by atoms with Crippen LogP contribution < -0.4 is 10.1 Å². The number of hydrogen-bond donors (Lipinski definition) is 1. The highest BCUT2D eigenvalue weighted by Crippen LogP contribution is 2.28. The van der Waals surface area contributed by atoms with E-state index in [1.54, 1.807) is 12.1 Å². The predicted molar refractivity (Wildman–Crippen MR) is 85.3 cm³/mol. The highest BCUT2D eigenvalue weighted by atomic mass is 16.5. The molecule has 1 fully saturated rings. The molecule has 0 spiro atoms. The number of amides is 1. The Balaban J connectivity index is 1.73. The van der Waals surface area contributed by atoms with Crippen molar-refractivity contribution in [2.24, 2.45) is 5.92 Å². The molecule has 0 aromatic heterocycles. The fraction of sp³-hybridized carbons (Fsp3) is 0.444. The monoisotopic (exact) mass is 301 g/mol. The number of rotatable bonds is 7. The highest BCUT2D eigenvalue weighted by molar-refractivity contribution is 5.86. The van der Waals surface area contributed by atoms with E-state index in [-0.39, 0.29) is 11.9 Å². The van der Waals surface area contributed by atoms with Crippen molar-refractivity contribution in [1.82, 2.24) is 5.32 Å². The maximum atomic E-state index is 11.8. The van der Waals surface area contributed by atoms with Crippen LogP contribution >= 0.6 is 0 Å². The maximum absolute atomic E-state index is 11.8. The third-order valence-corrected chi connectivity index (χ3v) is 4.04. The first kappa shape index (κ1) is 16.3. The smallest absolute Gasteiger partial charge is 0.311 e. The highest BCUT2D eigenvalue weighted by Gasteiger charge is 2.16. The van der Waals surface area contributed by atoms with Crippen LogP contribution in [0.25, 0.3) is 0 Å².